The van der Waals surface area contributed by atoms with Crippen LogP contribution >= 0.6 is 11.6 Å². The summed E-state index contributed by atoms with van der Waals surface area (Å²) in [5.41, 5.74) is 1.59. The molecule has 0 fully saturated rings. The van der Waals surface area contributed by atoms with Gasteiger partial charge in [-0.3, -0.25) is 14.4 Å². The predicted octanol–water partition coefficient (Wildman–Crippen LogP) is 4.00. The summed E-state index contributed by atoms with van der Waals surface area (Å²) in [4.78, 5) is 37.5. The molecule has 0 aliphatic carbocycles. The number of carbonyl (C=O) groups excluding carboxylic acids is 2. The van der Waals surface area contributed by atoms with E-state index in [9.17, 15) is 14.4 Å². The molecule has 0 bridgehead atoms. The van der Waals surface area contributed by atoms with Gasteiger partial charge in [-0.2, -0.15) is 0 Å². The first-order valence-corrected chi connectivity index (χ1v) is 10.1. The van der Waals surface area contributed by atoms with Crippen LogP contribution in [0.2, 0.25) is 5.02 Å². The fourth-order valence-corrected chi connectivity index (χ4v) is 3.77. The number of halogens is 1. The maximum atomic E-state index is 12.8. The number of nitrogens with one attached hydrogen (secondary N) is 1. The molecule has 0 atom stereocenters. The third-order valence-corrected chi connectivity index (χ3v) is 5.26. The molecule has 3 aromatic carbocycles. The molecule has 0 saturated heterocycles. The van der Waals surface area contributed by atoms with E-state index in [1.54, 1.807) is 71.3 Å². The fourth-order valence-electron chi connectivity index (χ4n) is 3.51. The van der Waals surface area contributed by atoms with Crippen molar-refractivity contribution in [3.8, 4) is 5.75 Å². The number of nitrogens with zero attached hydrogens (tertiary/aromatic N) is 1. The summed E-state index contributed by atoms with van der Waals surface area (Å²) >= 11 is 6.05. The zero-order valence-corrected chi connectivity index (χ0v) is 17.9. The molecular weight excluding hydrogens is 432 g/mol. The van der Waals surface area contributed by atoms with E-state index < -0.39 is 18.5 Å². The maximum absolute atomic E-state index is 12.8. The van der Waals surface area contributed by atoms with Crippen molar-refractivity contribution in [2.75, 3.05) is 19.0 Å². The molecule has 0 aliphatic rings. The number of anilines is 1. The van der Waals surface area contributed by atoms with Crippen LogP contribution in [-0.2, 0) is 20.9 Å². The highest BCUT2D eigenvalue weighted by Crippen LogP contribution is 2.27. The Hall–Kier alpha value is -3.84. The SMILES string of the molecule is COc1ccc(NC(=O)COC(=O)Cn2c3ccccc3c(=O)c3ccccc32)cc1Cl. The highest BCUT2D eigenvalue weighted by atomic mass is 35.5. The fraction of sp³-hybridized carbons (Fsp3) is 0.125. The van der Waals surface area contributed by atoms with E-state index in [2.05, 4.69) is 5.32 Å². The number of fused-ring (bicyclic) bond motifs is 2. The Bertz CT molecular complexity index is 1340. The Morgan fingerprint density at radius 1 is 0.969 bits per heavy atom. The van der Waals surface area contributed by atoms with Gasteiger partial charge in [-0.25, -0.2) is 0 Å². The van der Waals surface area contributed by atoms with E-state index in [0.717, 1.165) is 0 Å². The van der Waals surface area contributed by atoms with Gasteiger partial charge in [0.25, 0.3) is 5.91 Å². The van der Waals surface area contributed by atoms with Crippen LogP contribution < -0.4 is 15.5 Å². The molecule has 1 N–H and O–H groups in total. The lowest BCUT2D eigenvalue weighted by molar-refractivity contribution is -0.147. The number of ether oxygens (including phenoxy) is 2. The number of amides is 1. The number of hydrogen-bond donors (Lipinski definition) is 1. The first kappa shape index (κ1) is 21.4. The topological polar surface area (TPSA) is 86.6 Å². The van der Waals surface area contributed by atoms with E-state index in [0.29, 0.717) is 38.3 Å². The Kier molecular flexibility index (Phi) is 6.09. The molecule has 162 valence electrons. The molecule has 4 rings (SSSR count). The highest BCUT2D eigenvalue weighted by Gasteiger charge is 2.15. The van der Waals surface area contributed by atoms with Crippen LogP contribution in [0.1, 0.15) is 0 Å². The van der Waals surface area contributed by atoms with Gasteiger partial charge in [0, 0.05) is 16.5 Å². The van der Waals surface area contributed by atoms with Gasteiger partial charge >= 0.3 is 5.97 Å². The smallest absolute Gasteiger partial charge is 0.326 e. The van der Waals surface area contributed by atoms with Gasteiger partial charge in [-0.05, 0) is 42.5 Å². The predicted molar refractivity (Wildman–Crippen MR) is 123 cm³/mol. The number of carbonyl (C=O) groups is 2. The standard InChI is InChI=1S/C24H19ClN2O5/c1-31-21-11-10-15(12-18(21)25)26-22(28)14-32-23(29)13-27-19-8-4-2-6-16(19)24(30)17-7-3-5-9-20(17)27/h2-12H,13-14H2,1H3,(H,26,28). The van der Waals surface area contributed by atoms with Crippen molar-refractivity contribution in [3.05, 3.63) is 82.0 Å². The molecule has 7 nitrogen and oxygen atoms in total. The third kappa shape index (κ3) is 4.29. The number of hydrogen-bond acceptors (Lipinski definition) is 5. The molecular formula is C24H19ClN2O5. The Labute approximate surface area is 188 Å². The zero-order valence-electron chi connectivity index (χ0n) is 17.1. The minimum atomic E-state index is -0.605. The summed E-state index contributed by atoms with van der Waals surface area (Å²) in [7, 11) is 1.49. The average Bonchev–Trinajstić information content (AvgIpc) is 2.80. The number of aromatic nitrogens is 1. The zero-order chi connectivity index (χ0) is 22.7. The Balaban J connectivity index is 1.49. The molecule has 0 aliphatic heterocycles. The second-order valence-electron chi connectivity index (χ2n) is 7.01. The van der Waals surface area contributed by atoms with E-state index in [-0.39, 0.29) is 12.0 Å². The summed E-state index contributed by atoms with van der Waals surface area (Å²) in [6.07, 6.45) is 0. The third-order valence-electron chi connectivity index (χ3n) is 4.97. The summed E-state index contributed by atoms with van der Waals surface area (Å²) in [6, 6.07) is 18.9. The van der Waals surface area contributed by atoms with E-state index in [1.807, 2.05) is 0 Å². The van der Waals surface area contributed by atoms with Gasteiger partial charge in [-0.15, -0.1) is 0 Å². The molecule has 32 heavy (non-hydrogen) atoms. The van der Waals surface area contributed by atoms with Gasteiger partial charge in [0.2, 0.25) is 0 Å². The lowest BCUT2D eigenvalue weighted by atomic mass is 10.1. The van der Waals surface area contributed by atoms with Crippen LogP contribution in [0.4, 0.5) is 5.69 Å². The second-order valence-corrected chi connectivity index (χ2v) is 7.41. The van der Waals surface area contributed by atoms with Gasteiger partial charge in [0.05, 0.1) is 23.2 Å². The van der Waals surface area contributed by atoms with Gasteiger partial charge < -0.3 is 19.4 Å². The minimum Gasteiger partial charge on any atom is -0.495 e. The van der Waals surface area contributed by atoms with E-state index >= 15 is 0 Å². The second kappa shape index (κ2) is 9.11. The van der Waals surface area contributed by atoms with Crippen LogP contribution in [0.25, 0.3) is 21.8 Å². The summed E-state index contributed by atoms with van der Waals surface area (Å²) in [5, 5.41) is 3.98. The highest BCUT2D eigenvalue weighted by molar-refractivity contribution is 6.32. The van der Waals surface area contributed by atoms with E-state index in [4.69, 9.17) is 21.1 Å². The Morgan fingerprint density at radius 3 is 2.19 bits per heavy atom. The van der Waals surface area contributed by atoms with Crippen molar-refractivity contribution in [2.45, 2.75) is 6.54 Å². The first-order chi connectivity index (χ1) is 15.5. The first-order valence-electron chi connectivity index (χ1n) is 9.77. The van der Waals surface area contributed by atoms with E-state index in [1.165, 1.54) is 7.11 Å². The van der Waals surface area contributed by atoms with Crippen LogP contribution in [0, 0.1) is 0 Å². The van der Waals surface area contributed by atoms with Crippen molar-refractivity contribution < 1.29 is 19.1 Å². The number of para-hydroxylation sites is 2. The van der Waals surface area contributed by atoms with Gasteiger partial charge in [0.15, 0.2) is 12.0 Å². The van der Waals surface area contributed by atoms with Crippen molar-refractivity contribution in [2.24, 2.45) is 0 Å². The average molecular weight is 451 g/mol. The summed E-state index contributed by atoms with van der Waals surface area (Å²) in [5.74, 6) is -0.627. The monoisotopic (exact) mass is 450 g/mol. The number of benzene rings is 3. The largest absolute Gasteiger partial charge is 0.495 e. The molecule has 1 heterocycles. The molecule has 1 amide bonds. The number of pyridine rings is 1. The van der Waals surface area contributed by atoms with Crippen molar-refractivity contribution >= 4 is 51.0 Å². The van der Waals surface area contributed by atoms with Crippen LogP contribution in [0.5, 0.6) is 5.75 Å². The molecule has 8 heteroatoms. The Morgan fingerprint density at radius 2 is 1.59 bits per heavy atom. The van der Waals surface area contributed by atoms with Crippen LogP contribution in [0.15, 0.2) is 71.5 Å². The van der Waals surface area contributed by atoms with Gasteiger partial charge in [-0.1, -0.05) is 35.9 Å². The number of methoxy groups -OCH3 is 1. The lowest BCUT2D eigenvalue weighted by Crippen LogP contribution is -2.24. The minimum absolute atomic E-state index is 0.0988. The van der Waals surface area contributed by atoms with Crippen LogP contribution in [0.3, 0.4) is 0 Å². The molecule has 0 unspecified atom stereocenters. The number of rotatable bonds is 6. The molecule has 4 aromatic rings. The molecule has 0 saturated carbocycles. The molecule has 0 radical (unpaired) electrons. The van der Waals surface area contributed by atoms with Crippen molar-refractivity contribution in [3.63, 3.8) is 0 Å². The summed E-state index contributed by atoms with van der Waals surface area (Å²) < 4.78 is 12.0. The maximum Gasteiger partial charge on any atom is 0.326 e. The summed E-state index contributed by atoms with van der Waals surface area (Å²) in [6.45, 7) is -0.610. The van der Waals surface area contributed by atoms with Crippen LogP contribution in [-0.4, -0.2) is 30.2 Å². The number of esters is 1. The molecule has 0 spiro atoms. The lowest BCUT2D eigenvalue weighted by Gasteiger charge is -2.14. The normalized spacial score (nSPS) is 10.8. The van der Waals surface area contributed by atoms with Gasteiger partial charge in [0.1, 0.15) is 12.3 Å². The quantitative estimate of drug-likeness (QED) is 0.354. The van der Waals surface area contributed by atoms with Crippen molar-refractivity contribution in [1.29, 1.82) is 0 Å². The van der Waals surface area contributed by atoms with Crippen molar-refractivity contribution in [1.82, 2.24) is 4.57 Å². The molecule has 1 aromatic heterocycles.